The van der Waals surface area contributed by atoms with Gasteiger partial charge in [0.05, 0.1) is 25.2 Å². The topological polar surface area (TPSA) is 95.9 Å². The lowest BCUT2D eigenvalue weighted by Crippen LogP contribution is -2.46. The first kappa shape index (κ1) is 64.5. The Morgan fingerprint density at radius 2 is 0.809 bits per heavy atom. The van der Waals surface area contributed by atoms with Gasteiger partial charge in [-0.2, -0.15) is 0 Å². The standard InChI is InChI=1S/C62H105NO5/c1-4-7-10-13-16-19-22-25-28-31-32-35-38-41-44-47-50-53-58(68-62(67)55-52-49-46-43-40-37-34-30-27-24-21-18-15-12-9-6-3)56-61(66)63-59(57-64)60(65)54-51-48-45-42-39-36-33-29-26-23-20-17-14-11-8-5-2/h9,12,16,18-19,21,25,27-28,30,32,35,37,40-41,44,46,49,58-60,64-65H,4-8,10-11,13-15,17,20,22-24,26,29,31,33-34,36,38-39,42-43,45,47-48,50-57H2,1-3H3,(H,63,66)/b12-9+,19-16-,21-18+,28-25-,30-27+,35-32-,40-37+,44-41-,49-46+. The Kier molecular flexibility index (Phi) is 51.7. The fraction of sp³-hybridized carbons (Fsp3) is 0.677. The average molecular weight is 945 g/mol. The number of allylic oxidation sites excluding steroid dienone is 18. The van der Waals surface area contributed by atoms with Gasteiger partial charge in [-0.05, 0) is 96.3 Å². The third-order valence-corrected chi connectivity index (χ3v) is 12.1. The molecule has 0 aromatic carbocycles. The van der Waals surface area contributed by atoms with Crippen molar-refractivity contribution in [1.82, 2.24) is 5.32 Å². The van der Waals surface area contributed by atoms with Crippen LogP contribution in [0.4, 0.5) is 0 Å². The molecule has 0 heterocycles. The summed E-state index contributed by atoms with van der Waals surface area (Å²) in [6, 6.07) is -0.742. The zero-order valence-electron chi connectivity index (χ0n) is 44.2. The van der Waals surface area contributed by atoms with E-state index in [2.05, 4.69) is 129 Å². The molecule has 0 radical (unpaired) electrons. The number of aliphatic hydroxyl groups is 2. The molecule has 6 nitrogen and oxygen atoms in total. The second-order valence-electron chi connectivity index (χ2n) is 18.6. The Balaban J connectivity index is 4.78. The molecule has 0 bridgehead atoms. The number of aliphatic hydroxyl groups excluding tert-OH is 2. The van der Waals surface area contributed by atoms with Crippen molar-refractivity contribution in [2.75, 3.05) is 6.61 Å². The maximum atomic E-state index is 13.3. The molecule has 3 atom stereocenters. The van der Waals surface area contributed by atoms with E-state index in [1.807, 2.05) is 6.08 Å². The summed E-state index contributed by atoms with van der Waals surface area (Å²) in [6.07, 6.45) is 74.5. The van der Waals surface area contributed by atoms with E-state index in [1.54, 1.807) is 0 Å². The molecular formula is C62H105NO5. The number of carbonyl (C=O) groups excluding carboxylic acids is 2. The van der Waals surface area contributed by atoms with Crippen LogP contribution in [0.1, 0.15) is 245 Å². The van der Waals surface area contributed by atoms with Crippen LogP contribution in [-0.4, -0.2) is 46.9 Å². The largest absolute Gasteiger partial charge is 0.462 e. The van der Waals surface area contributed by atoms with Crippen LogP contribution in [0.3, 0.4) is 0 Å². The molecule has 0 aliphatic carbocycles. The molecule has 0 saturated carbocycles. The summed E-state index contributed by atoms with van der Waals surface area (Å²) in [5.74, 6) is -0.632. The number of amides is 1. The average Bonchev–Trinajstić information content (AvgIpc) is 3.33. The molecular weight excluding hydrogens is 839 g/mol. The van der Waals surface area contributed by atoms with E-state index in [4.69, 9.17) is 4.74 Å². The van der Waals surface area contributed by atoms with Gasteiger partial charge in [0.1, 0.15) is 6.10 Å². The van der Waals surface area contributed by atoms with Crippen molar-refractivity contribution in [3.8, 4) is 0 Å². The Morgan fingerprint density at radius 1 is 0.441 bits per heavy atom. The zero-order valence-corrected chi connectivity index (χ0v) is 44.2. The highest BCUT2D eigenvalue weighted by Gasteiger charge is 2.24. The lowest BCUT2D eigenvalue weighted by atomic mass is 10.0. The Bertz CT molecular complexity index is 1380. The van der Waals surface area contributed by atoms with Gasteiger partial charge < -0.3 is 20.3 Å². The Labute approximate surface area is 419 Å². The van der Waals surface area contributed by atoms with Crippen molar-refractivity contribution in [3.63, 3.8) is 0 Å². The fourth-order valence-corrected chi connectivity index (χ4v) is 7.88. The first-order valence-corrected chi connectivity index (χ1v) is 28.1. The highest BCUT2D eigenvalue weighted by Crippen LogP contribution is 2.17. The number of esters is 1. The van der Waals surface area contributed by atoms with Gasteiger partial charge in [0.25, 0.3) is 0 Å². The van der Waals surface area contributed by atoms with E-state index in [1.165, 1.54) is 109 Å². The fourth-order valence-electron chi connectivity index (χ4n) is 7.88. The maximum absolute atomic E-state index is 13.3. The Morgan fingerprint density at radius 3 is 1.24 bits per heavy atom. The van der Waals surface area contributed by atoms with Crippen molar-refractivity contribution < 1.29 is 24.5 Å². The molecule has 0 aromatic heterocycles. The Hall–Kier alpha value is -3.48. The highest BCUT2D eigenvalue weighted by atomic mass is 16.5. The van der Waals surface area contributed by atoms with Crippen LogP contribution in [0.25, 0.3) is 0 Å². The van der Waals surface area contributed by atoms with E-state index in [0.29, 0.717) is 19.3 Å². The number of carbonyl (C=O) groups is 2. The number of hydrogen-bond donors (Lipinski definition) is 3. The van der Waals surface area contributed by atoms with Crippen LogP contribution in [-0.2, 0) is 14.3 Å². The molecule has 3 N–H and O–H groups in total. The van der Waals surface area contributed by atoms with Gasteiger partial charge in [-0.15, -0.1) is 0 Å². The van der Waals surface area contributed by atoms with Gasteiger partial charge in [0.2, 0.25) is 5.91 Å². The van der Waals surface area contributed by atoms with E-state index in [0.717, 1.165) is 83.5 Å². The molecule has 6 heteroatoms. The molecule has 68 heavy (non-hydrogen) atoms. The molecule has 0 saturated heterocycles. The van der Waals surface area contributed by atoms with Gasteiger partial charge in [-0.3, -0.25) is 9.59 Å². The molecule has 0 spiro atoms. The third-order valence-electron chi connectivity index (χ3n) is 12.1. The van der Waals surface area contributed by atoms with Gasteiger partial charge in [0, 0.05) is 6.42 Å². The van der Waals surface area contributed by atoms with Crippen LogP contribution < -0.4 is 5.32 Å². The number of ether oxygens (including phenoxy) is 1. The second-order valence-corrected chi connectivity index (χ2v) is 18.6. The summed E-state index contributed by atoms with van der Waals surface area (Å²) in [4.78, 5) is 26.2. The normalized spacial score (nSPS) is 14.0. The van der Waals surface area contributed by atoms with Crippen LogP contribution in [0.5, 0.6) is 0 Å². The molecule has 0 aliphatic rings. The van der Waals surface area contributed by atoms with Crippen LogP contribution >= 0.6 is 0 Å². The van der Waals surface area contributed by atoms with Gasteiger partial charge in [-0.1, -0.05) is 246 Å². The zero-order chi connectivity index (χ0) is 49.5. The minimum atomic E-state index is -0.822. The summed E-state index contributed by atoms with van der Waals surface area (Å²) in [7, 11) is 0. The number of nitrogens with one attached hydrogen (secondary N) is 1. The maximum Gasteiger partial charge on any atom is 0.306 e. The number of rotatable bonds is 49. The van der Waals surface area contributed by atoms with E-state index >= 15 is 0 Å². The third kappa shape index (κ3) is 49.0. The van der Waals surface area contributed by atoms with Crippen molar-refractivity contribution in [3.05, 3.63) is 109 Å². The summed E-state index contributed by atoms with van der Waals surface area (Å²) in [5, 5.41) is 23.8. The second kappa shape index (κ2) is 54.5. The van der Waals surface area contributed by atoms with E-state index < -0.39 is 18.2 Å². The lowest BCUT2D eigenvalue weighted by Gasteiger charge is -2.24. The van der Waals surface area contributed by atoms with E-state index in [9.17, 15) is 19.8 Å². The molecule has 0 rings (SSSR count). The molecule has 3 unspecified atom stereocenters. The monoisotopic (exact) mass is 944 g/mol. The van der Waals surface area contributed by atoms with Gasteiger partial charge in [0.15, 0.2) is 0 Å². The summed E-state index contributed by atoms with van der Waals surface area (Å²) in [5.41, 5.74) is 0. The van der Waals surface area contributed by atoms with Crippen molar-refractivity contribution in [2.45, 2.75) is 264 Å². The predicted octanol–water partition coefficient (Wildman–Crippen LogP) is 17.5. The van der Waals surface area contributed by atoms with Gasteiger partial charge >= 0.3 is 5.97 Å². The lowest BCUT2D eigenvalue weighted by molar-refractivity contribution is -0.150. The summed E-state index contributed by atoms with van der Waals surface area (Å²) in [6.45, 7) is 6.32. The molecule has 0 aliphatic heterocycles. The van der Waals surface area contributed by atoms with Gasteiger partial charge in [-0.25, -0.2) is 0 Å². The molecule has 1 amide bonds. The van der Waals surface area contributed by atoms with Crippen molar-refractivity contribution in [2.24, 2.45) is 0 Å². The molecule has 0 fully saturated rings. The van der Waals surface area contributed by atoms with Crippen LogP contribution in [0.2, 0.25) is 0 Å². The van der Waals surface area contributed by atoms with Crippen LogP contribution in [0.15, 0.2) is 109 Å². The molecule has 388 valence electrons. The molecule has 0 aromatic rings. The SMILES string of the molecule is CC/C=C/C/C=C/C/C=C/C/C=C/C/C=C/CCC(=O)OC(CCC/C=C\C/C=C\C/C=C\C/C=C\CCCCC)CC(=O)NC(CO)C(O)CCCCCCCCCCCCCCCCCC. The number of hydrogen-bond acceptors (Lipinski definition) is 5. The van der Waals surface area contributed by atoms with E-state index in [-0.39, 0.29) is 31.3 Å². The summed E-state index contributed by atoms with van der Waals surface area (Å²) >= 11 is 0. The van der Waals surface area contributed by atoms with Crippen molar-refractivity contribution >= 4 is 11.9 Å². The minimum absolute atomic E-state index is 0.00426. The van der Waals surface area contributed by atoms with Crippen molar-refractivity contribution in [1.29, 1.82) is 0 Å². The smallest absolute Gasteiger partial charge is 0.306 e. The highest BCUT2D eigenvalue weighted by molar-refractivity contribution is 5.77. The predicted molar refractivity (Wildman–Crippen MR) is 296 cm³/mol. The minimum Gasteiger partial charge on any atom is -0.462 e. The quantitative estimate of drug-likeness (QED) is 0.0321. The summed E-state index contributed by atoms with van der Waals surface area (Å²) < 4.78 is 5.88. The van der Waals surface area contributed by atoms with Crippen LogP contribution in [0, 0.1) is 0 Å². The first-order chi connectivity index (χ1) is 33.5. The first-order valence-electron chi connectivity index (χ1n) is 28.1. The number of unbranched alkanes of at least 4 members (excludes halogenated alkanes) is 19.